The van der Waals surface area contributed by atoms with Crippen LogP contribution in [0.3, 0.4) is 0 Å². The Balaban J connectivity index is 1.51. The molecule has 5 atom stereocenters. The first-order valence-corrected chi connectivity index (χ1v) is 16.1. The molecule has 0 aromatic heterocycles. The molecule has 1 amide bonds. The molecule has 1 aliphatic heterocycles. The Morgan fingerprint density at radius 1 is 0.841 bits per heavy atom. The minimum atomic E-state index is -0.721. The molecule has 0 radical (unpaired) electrons. The average molecular weight is 611 g/mol. The highest BCUT2D eigenvalue weighted by molar-refractivity contribution is 5.67. The molecule has 1 fully saturated rings. The van der Waals surface area contributed by atoms with Crippen LogP contribution in [-0.4, -0.2) is 68.0 Å². The smallest absolute Gasteiger partial charge is 0.410 e. The number of ether oxygens (including phenoxy) is 5. The maximum Gasteiger partial charge on any atom is 0.410 e. The fraction of sp³-hybridized carbons (Fsp3) is 0.618. The fourth-order valence-electron chi connectivity index (χ4n) is 5.09. The molecule has 2 aromatic carbocycles. The van der Waals surface area contributed by atoms with Crippen LogP contribution in [-0.2, 0) is 36.8 Å². The van der Waals surface area contributed by atoms with Crippen LogP contribution >= 0.6 is 0 Å². The van der Waals surface area contributed by atoms with E-state index in [9.17, 15) is 10.3 Å². The van der Waals surface area contributed by atoms with Crippen molar-refractivity contribution in [2.24, 2.45) is 5.11 Å². The van der Waals surface area contributed by atoms with E-state index in [4.69, 9.17) is 23.7 Å². The summed E-state index contributed by atoms with van der Waals surface area (Å²) in [4.78, 5) is 17.8. The molecule has 0 saturated carbocycles. The lowest BCUT2D eigenvalue weighted by Crippen LogP contribution is -2.58. The largest absolute Gasteiger partial charge is 0.445 e. The summed E-state index contributed by atoms with van der Waals surface area (Å²) in [5.41, 5.74) is 11.3. The van der Waals surface area contributed by atoms with Gasteiger partial charge in [-0.15, -0.1) is 0 Å². The summed E-state index contributed by atoms with van der Waals surface area (Å²) in [6.07, 6.45) is 4.12. The van der Waals surface area contributed by atoms with Crippen LogP contribution < -0.4 is 0 Å². The molecule has 2 aromatic rings. The van der Waals surface area contributed by atoms with Gasteiger partial charge in [-0.2, -0.15) is 0 Å². The Kier molecular flexibility index (Phi) is 16.7. The van der Waals surface area contributed by atoms with E-state index >= 15 is 0 Å². The van der Waals surface area contributed by atoms with Gasteiger partial charge in [0, 0.05) is 37.8 Å². The second-order valence-corrected chi connectivity index (χ2v) is 11.2. The molecule has 0 aliphatic carbocycles. The van der Waals surface area contributed by atoms with Crippen LogP contribution in [0.25, 0.3) is 10.4 Å². The molecule has 44 heavy (non-hydrogen) atoms. The molecule has 10 nitrogen and oxygen atoms in total. The number of benzene rings is 2. The van der Waals surface area contributed by atoms with Gasteiger partial charge in [-0.3, -0.25) is 0 Å². The number of amides is 1. The highest BCUT2D eigenvalue weighted by Gasteiger charge is 2.46. The van der Waals surface area contributed by atoms with Gasteiger partial charge in [0.05, 0.1) is 12.2 Å². The number of azide groups is 1. The Morgan fingerprint density at radius 2 is 1.45 bits per heavy atom. The maximum atomic E-state index is 13.0. The Morgan fingerprint density at radius 3 is 2.09 bits per heavy atom. The van der Waals surface area contributed by atoms with Gasteiger partial charge in [-0.05, 0) is 55.7 Å². The Bertz CT molecular complexity index is 1100. The van der Waals surface area contributed by atoms with Crippen molar-refractivity contribution >= 4 is 6.09 Å². The molecule has 0 spiro atoms. The predicted molar refractivity (Wildman–Crippen MR) is 170 cm³/mol. The standard InChI is InChI=1S/C34H50N4O6/c1-4-6-22-40-31-27(3)44-33(30(36-37-35)32(31)41-23-7-5-2)42-24-16-10-15-21-38(25-28-17-11-8-12-18-28)34(39)43-26-29-19-13-9-14-20-29/h8-9,11-14,17-20,27,30-33H,4-7,10,15-16,21-26H2,1-3H3/t27?,30-,31+,32?,33-/m0/s1. The number of hydrogen-bond acceptors (Lipinski definition) is 7. The average Bonchev–Trinajstić information content (AvgIpc) is 3.04. The van der Waals surface area contributed by atoms with Gasteiger partial charge in [-0.1, -0.05) is 92.5 Å². The summed E-state index contributed by atoms with van der Waals surface area (Å²) in [7, 11) is 0. The number of hydrogen-bond donors (Lipinski definition) is 0. The van der Waals surface area contributed by atoms with Gasteiger partial charge >= 0.3 is 6.09 Å². The lowest BCUT2D eigenvalue weighted by molar-refractivity contribution is -0.271. The van der Waals surface area contributed by atoms with Crippen LogP contribution in [0.5, 0.6) is 0 Å². The molecule has 3 rings (SSSR count). The molecule has 1 aliphatic rings. The zero-order valence-corrected chi connectivity index (χ0v) is 26.6. The van der Waals surface area contributed by atoms with Gasteiger partial charge in [0.15, 0.2) is 6.29 Å². The third-order valence-electron chi connectivity index (χ3n) is 7.59. The van der Waals surface area contributed by atoms with Crippen molar-refractivity contribution in [1.82, 2.24) is 4.90 Å². The van der Waals surface area contributed by atoms with Crippen molar-refractivity contribution in [1.29, 1.82) is 0 Å². The summed E-state index contributed by atoms with van der Waals surface area (Å²) in [5, 5.41) is 4.04. The SMILES string of the molecule is CCCCOC1[C@H](OCCCC)C(C)O[C@H](OCCCCCN(Cc2ccccc2)C(=O)OCc2ccccc2)[C@H]1N=[N+]=[N-]. The minimum absolute atomic E-state index is 0.235. The van der Waals surface area contributed by atoms with Crippen LogP contribution in [0.1, 0.15) is 76.8 Å². The molecule has 1 heterocycles. The molecular formula is C34H50N4O6. The topological polar surface area (TPSA) is 115 Å². The molecule has 1 saturated heterocycles. The maximum absolute atomic E-state index is 13.0. The number of carbonyl (C=O) groups excluding carboxylic acids is 1. The number of rotatable bonds is 20. The van der Waals surface area contributed by atoms with Crippen molar-refractivity contribution in [2.75, 3.05) is 26.4 Å². The van der Waals surface area contributed by atoms with Gasteiger partial charge in [0.2, 0.25) is 0 Å². The minimum Gasteiger partial charge on any atom is -0.445 e. The highest BCUT2D eigenvalue weighted by atomic mass is 16.7. The third kappa shape index (κ3) is 12.1. The number of unbranched alkanes of at least 4 members (excludes halogenated alkanes) is 4. The first kappa shape index (κ1) is 35.3. The molecule has 0 N–H and O–H groups in total. The monoisotopic (exact) mass is 610 g/mol. The van der Waals surface area contributed by atoms with E-state index in [1.54, 1.807) is 4.90 Å². The normalized spacial score (nSPS) is 21.4. The van der Waals surface area contributed by atoms with Gasteiger partial charge in [0.1, 0.15) is 18.8 Å². The van der Waals surface area contributed by atoms with E-state index in [0.29, 0.717) is 32.9 Å². The summed E-state index contributed by atoms with van der Waals surface area (Å²) in [5.74, 6) is 0. The highest BCUT2D eigenvalue weighted by Crippen LogP contribution is 2.29. The summed E-state index contributed by atoms with van der Waals surface area (Å²) < 4.78 is 30.3. The zero-order chi connectivity index (χ0) is 31.4. The number of carbonyl (C=O) groups is 1. The second-order valence-electron chi connectivity index (χ2n) is 11.2. The van der Waals surface area contributed by atoms with E-state index in [-0.39, 0.29) is 24.9 Å². The van der Waals surface area contributed by atoms with E-state index in [1.165, 1.54) is 0 Å². The molecule has 2 unspecified atom stereocenters. The predicted octanol–water partition coefficient (Wildman–Crippen LogP) is 7.81. The Labute approximate surface area is 262 Å². The van der Waals surface area contributed by atoms with Crippen LogP contribution in [0.2, 0.25) is 0 Å². The van der Waals surface area contributed by atoms with Gasteiger partial charge < -0.3 is 28.6 Å². The van der Waals surface area contributed by atoms with Crippen LogP contribution in [0.15, 0.2) is 65.8 Å². The summed E-state index contributed by atoms with van der Waals surface area (Å²) in [6.45, 7) is 9.03. The summed E-state index contributed by atoms with van der Waals surface area (Å²) in [6, 6.07) is 19.0. The van der Waals surface area contributed by atoms with Gasteiger partial charge in [0.25, 0.3) is 0 Å². The molecular weight excluding hydrogens is 560 g/mol. The second kappa shape index (κ2) is 20.7. The quantitative estimate of drug-likeness (QED) is 0.0654. The van der Waals surface area contributed by atoms with Gasteiger partial charge in [-0.25, -0.2) is 4.79 Å². The fourth-order valence-corrected chi connectivity index (χ4v) is 5.09. The van der Waals surface area contributed by atoms with Crippen LogP contribution in [0.4, 0.5) is 4.79 Å². The van der Waals surface area contributed by atoms with Crippen molar-refractivity contribution < 1.29 is 28.5 Å². The first-order valence-electron chi connectivity index (χ1n) is 16.1. The zero-order valence-electron chi connectivity index (χ0n) is 26.6. The Hall–Kier alpha value is -3.14. The van der Waals surface area contributed by atoms with E-state index in [0.717, 1.165) is 56.1 Å². The lowest BCUT2D eigenvalue weighted by atomic mass is 9.97. The van der Waals surface area contributed by atoms with Crippen LogP contribution in [0, 0.1) is 0 Å². The van der Waals surface area contributed by atoms with Crippen molar-refractivity contribution in [3.8, 4) is 0 Å². The number of nitrogens with zero attached hydrogens (tertiary/aromatic N) is 4. The molecule has 10 heteroatoms. The third-order valence-corrected chi connectivity index (χ3v) is 7.59. The molecule has 242 valence electrons. The van der Waals surface area contributed by atoms with Crippen molar-refractivity contribution in [3.05, 3.63) is 82.2 Å². The van der Waals surface area contributed by atoms with E-state index < -0.39 is 18.4 Å². The van der Waals surface area contributed by atoms with Crippen molar-refractivity contribution in [3.63, 3.8) is 0 Å². The molecule has 0 bridgehead atoms. The van der Waals surface area contributed by atoms with Crippen molar-refractivity contribution in [2.45, 2.75) is 110 Å². The first-order chi connectivity index (χ1) is 21.6. The lowest BCUT2D eigenvalue weighted by Gasteiger charge is -2.43. The van der Waals surface area contributed by atoms with E-state index in [1.807, 2.05) is 67.6 Å². The van der Waals surface area contributed by atoms with E-state index in [2.05, 4.69) is 23.9 Å². The summed E-state index contributed by atoms with van der Waals surface area (Å²) >= 11 is 0.